The third-order valence-electron chi connectivity index (χ3n) is 8.86. The van der Waals surface area contributed by atoms with E-state index in [0.717, 1.165) is 19.3 Å². The monoisotopic (exact) mass is 625 g/mol. The molecule has 1 fully saturated rings. The van der Waals surface area contributed by atoms with Crippen molar-refractivity contribution in [3.8, 4) is 0 Å². The third-order valence-corrected chi connectivity index (χ3v) is 13.3. The van der Waals surface area contributed by atoms with E-state index in [1.807, 2.05) is 0 Å². The first kappa shape index (κ1) is 37.4. The highest BCUT2D eigenvalue weighted by molar-refractivity contribution is 6.74. The minimum absolute atomic E-state index is 0.0259. The summed E-state index contributed by atoms with van der Waals surface area (Å²) >= 11 is 0. The molecule has 2 N–H and O–H groups in total. The second-order valence-electron chi connectivity index (χ2n) is 13.5. The summed E-state index contributed by atoms with van der Waals surface area (Å²) in [5.74, 6) is -0.167. The van der Waals surface area contributed by atoms with Crippen LogP contribution in [-0.2, 0) is 23.5 Å². The van der Waals surface area contributed by atoms with Gasteiger partial charge in [0.15, 0.2) is 14.5 Å². The molecule has 11 heteroatoms. The predicted octanol–water partition coefficient (Wildman–Crippen LogP) is 6.37. The average molecular weight is 626 g/mol. The van der Waals surface area contributed by atoms with Gasteiger partial charge in [0.2, 0.25) is 5.91 Å². The van der Waals surface area contributed by atoms with E-state index < -0.39 is 44.1 Å². The Labute approximate surface area is 259 Å². The van der Waals surface area contributed by atoms with Crippen LogP contribution in [0.1, 0.15) is 124 Å². The zero-order valence-corrected chi connectivity index (χ0v) is 28.9. The maximum atomic E-state index is 12.6. The van der Waals surface area contributed by atoms with E-state index in [2.05, 4.69) is 51.3 Å². The molecule has 1 saturated heterocycles. The molecule has 1 aromatic rings. The molecular weight excluding hydrogens is 566 g/mol. The van der Waals surface area contributed by atoms with Crippen LogP contribution in [0.15, 0.2) is 21.9 Å². The number of hydroxylamine groups is 1. The summed E-state index contributed by atoms with van der Waals surface area (Å²) < 4.78 is 20.1. The van der Waals surface area contributed by atoms with Crippen LogP contribution in [0, 0.1) is 0 Å². The molecule has 4 atom stereocenters. The van der Waals surface area contributed by atoms with Gasteiger partial charge in [-0.25, -0.2) is 10.3 Å². The van der Waals surface area contributed by atoms with Crippen LogP contribution < -0.4 is 16.7 Å². The molecule has 0 aromatic carbocycles. The maximum absolute atomic E-state index is 12.6. The van der Waals surface area contributed by atoms with Crippen molar-refractivity contribution >= 4 is 14.2 Å². The van der Waals surface area contributed by atoms with E-state index in [1.54, 1.807) is 7.11 Å². The zero-order chi connectivity index (χ0) is 31.9. The number of carbonyl (C=O) groups is 1. The molecule has 1 aliphatic heterocycles. The third kappa shape index (κ3) is 12.6. The lowest BCUT2D eigenvalue weighted by molar-refractivity contribution is -0.140. The van der Waals surface area contributed by atoms with Crippen LogP contribution in [0.4, 0.5) is 0 Å². The van der Waals surface area contributed by atoms with Gasteiger partial charge >= 0.3 is 5.69 Å². The second-order valence-corrected chi connectivity index (χ2v) is 18.2. The summed E-state index contributed by atoms with van der Waals surface area (Å²) in [4.78, 5) is 44.5. The van der Waals surface area contributed by atoms with Crippen molar-refractivity contribution in [3.63, 3.8) is 0 Å². The number of H-pyrrole nitrogens is 1. The fraction of sp³-hybridized carbons (Fsp3) is 0.844. The first-order chi connectivity index (χ1) is 20.4. The van der Waals surface area contributed by atoms with Gasteiger partial charge in [-0.05, 0) is 24.6 Å². The molecule has 2 rings (SSSR count). The van der Waals surface area contributed by atoms with E-state index in [0.29, 0.717) is 6.42 Å². The number of aromatic nitrogens is 2. The Morgan fingerprint density at radius 2 is 1.51 bits per heavy atom. The van der Waals surface area contributed by atoms with Crippen LogP contribution in [0.5, 0.6) is 0 Å². The lowest BCUT2D eigenvalue weighted by Crippen LogP contribution is -2.50. The number of hydrogen-bond acceptors (Lipinski definition) is 7. The number of ether oxygens (including phenoxy) is 2. The summed E-state index contributed by atoms with van der Waals surface area (Å²) in [7, 11) is -0.735. The number of amides is 1. The number of rotatable bonds is 21. The normalized spacial score (nSPS) is 20.9. The largest absolute Gasteiger partial charge is 0.408 e. The van der Waals surface area contributed by atoms with Gasteiger partial charge in [0, 0.05) is 25.8 Å². The van der Waals surface area contributed by atoms with Gasteiger partial charge < -0.3 is 13.9 Å². The predicted molar refractivity (Wildman–Crippen MR) is 173 cm³/mol. The molecule has 43 heavy (non-hydrogen) atoms. The van der Waals surface area contributed by atoms with Gasteiger partial charge in [-0.15, -0.1) is 0 Å². The Bertz CT molecular complexity index is 1050. The average Bonchev–Trinajstić information content (AvgIpc) is 3.26. The van der Waals surface area contributed by atoms with Crippen LogP contribution in [0.2, 0.25) is 18.1 Å². The SMILES string of the molecule is CCCCCCCCCCCCCCCC(=O)NOC[C@H]1O[C@@H](n2ccc(=O)[nH]c2=O)[C@H](OC)[C@@H]1O[Si](C)(C)C(C)(C)C. The molecule has 1 aromatic heterocycles. The van der Waals surface area contributed by atoms with Crippen molar-refractivity contribution < 1.29 is 23.5 Å². The fourth-order valence-electron chi connectivity index (χ4n) is 5.16. The minimum atomic E-state index is -2.28. The zero-order valence-electron chi connectivity index (χ0n) is 27.9. The van der Waals surface area contributed by atoms with Crippen LogP contribution in [0.3, 0.4) is 0 Å². The summed E-state index contributed by atoms with van der Waals surface area (Å²) in [6.07, 6.45) is 15.5. The molecule has 0 aliphatic carbocycles. The molecule has 0 radical (unpaired) electrons. The Morgan fingerprint density at radius 3 is 2.02 bits per heavy atom. The van der Waals surface area contributed by atoms with E-state index in [-0.39, 0.29) is 17.6 Å². The van der Waals surface area contributed by atoms with Crippen molar-refractivity contribution in [1.82, 2.24) is 15.0 Å². The topological polar surface area (TPSA) is 121 Å². The standard InChI is InChI=1S/C32H59N3O7Si/c1-8-9-10-11-12-13-14-15-16-17-18-19-20-21-27(37)34-40-24-25-28(42-43(6,7)32(2,3)4)29(39-5)30(41-25)35-23-22-26(36)33-31(35)38/h22-23,25,28-30H,8-21,24H2,1-7H3,(H,34,37)(H,33,36,38)/t25-,28-,29-,30-/m1/s1. The molecule has 0 bridgehead atoms. The molecule has 1 aliphatic rings. The lowest BCUT2D eigenvalue weighted by atomic mass is 10.0. The molecule has 0 spiro atoms. The Morgan fingerprint density at radius 1 is 0.953 bits per heavy atom. The van der Waals surface area contributed by atoms with E-state index in [9.17, 15) is 14.4 Å². The number of nitrogens with one attached hydrogen (secondary N) is 2. The van der Waals surface area contributed by atoms with Crippen LogP contribution in [0.25, 0.3) is 0 Å². The maximum Gasteiger partial charge on any atom is 0.330 e. The van der Waals surface area contributed by atoms with Gasteiger partial charge in [-0.1, -0.05) is 105 Å². The molecule has 248 valence electrons. The van der Waals surface area contributed by atoms with Gasteiger partial charge in [-0.2, -0.15) is 0 Å². The summed E-state index contributed by atoms with van der Waals surface area (Å²) in [6.45, 7) is 13.0. The molecule has 1 amide bonds. The van der Waals surface area contributed by atoms with Crippen LogP contribution >= 0.6 is 0 Å². The van der Waals surface area contributed by atoms with E-state index in [1.165, 1.54) is 81.0 Å². The first-order valence-corrected chi connectivity index (χ1v) is 19.4. The van der Waals surface area contributed by atoms with Crippen molar-refractivity contribution in [2.75, 3.05) is 13.7 Å². The number of methoxy groups -OCH3 is 1. The second kappa shape index (κ2) is 18.9. The van der Waals surface area contributed by atoms with Crippen molar-refractivity contribution in [1.29, 1.82) is 0 Å². The lowest BCUT2D eigenvalue weighted by Gasteiger charge is -2.40. The van der Waals surface area contributed by atoms with Crippen molar-refractivity contribution in [2.24, 2.45) is 0 Å². The van der Waals surface area contributed by atoms with Gasteiger partial charge in [0.25, 0.3) is 5.56 Å². The van der Waals surface area contributed by atoms with Gasteiger partial charge in [-0.3, -0.25) is 24.0 Å². The summed E-state index contributed by atoms with van der Waals surface area (Å²) in [5.41, 5.74) is 1.46. The van der Waals surface area contributed by atoms with Gasteiger partial charge in [0.1, 0.15) is 24.9 Å². The number of unbranched alkanes of at least 4 members (excludes halogenated alkanes) is 12. The van der Waals surface area contributed by atoms with Crippen molar-refractivity contribution in [3.05, 3.63) is 33.1 Å². The molecule has 0 saturated carbocycles. The van der Waals surface area contributed by atoms with Crippen molar-refractivity contribution in [2.45, 2.75) is 160 Å². The molecule has 2 heterocycles. The smallest absolute Gasteiger partial charge is 0.330 e. The quantitative estimate of drug-likeness (QED) is 0.0925. The first-order valence-electron chi connectivity index (χ1n) is 16.5. The number of nitrogens with zero attached hydrogens (tertiary/aromatic N) is 1. The molecule has 10 nitrogen and oxygen atoms in total. The fourth-order valence-corrected chi connectivity index (χ4v) is 6.48. The van der Waals surface area contributed by atoms with Gasteiger partial charge in [0.05, 0.1) is 0 Å². The Hall–Kier alpha value is -1.79. The number of aromatic amines is 1. The molecule has 0 unspecified atom stereocenters. The summed E-state index contributed by atoms with van der Waals surface area (Å²) in [6, 6.07) is 1.27. The Balaban J connectivity index is 1.80. The number of carbonyl (C=O) groups excluding carboxylic acids is 1. The van der Waals surface area contributed by atoms with Crippen LogP contribution in [-0.4, -0.2) is 55.8 Å². The highest BCUT2D eigenvalue weighted by Gasteiger charge is 2.51. The summed E-state index contributed by atoms with van der Waals surface area (Å²) in [5, 5.41) is -0.0777. The minimum Gasteiger partial charge on any atom is -0.408 e. The van der Waals surface area contributed by atoms with E-state index >= 15 is 0 Å². The highest BCUT2D eigenvalue weighted by atomic mass is 28.4. The van der Waals surface area contributed by atoms with E-state index in [4.69, 9.17) is 18.7 Å². The highest BCUT2D eigenvalue weighted by Crippen LogP contribution is 2.41. The Kier molecular flexibility index (Phi) is 16.4. The molecular formula is C32H59N3O7Si. The number of hydrogen-bond donors (Lipinski definition) is 2.